The maximum absolute atomic E-state index is 13.6. The van der Waals surface area contributed by atoms with Crippen LogP contribution in [0.25, 0.3) is 5.69 Å². The monoisotopic (exact) mass is 314 g/mol. The summed E-state index contributed by atoms with van der Waals surface area (Å²) in [7, 11) is 1.53. The Morgan fingerprint density at radius 3 is 2.65 bits per heavy atom. The number of nitrogens with zero attached hydrogens (tertiary/aromatic N) is 4. The van der Waals surface area contributed by atoms with Crippen molar-refractivity contribution in [2.75, 3.05) is 0 Å². The van der Waals surface area contributed by atoms with Gasteiger partial charge in [0.25, 0.3) is 0 Å². The van der Waals surface area contributed by atoms with Crippen LogP contribution in [0.3, 0.4) is 0 Å². The highest BCUT2D eigenvalue weighted by Gasteiger charge is 2.12. The molecule has 0 N–H and O–H groups in total. The van der Waals surface area contributed by atoms with Crippen molar-refractivity contribution in [3.05, 3.63) is 69.9 Å². The number of aromatic nitrogens is 4. The number of benzene rings is 2. The van der Waals surface area contributed by atoms with E-state index in [0.717, 1.165) is 10.2 Å². The third-order valence-corrected chi connectivity index (χ3v) is 3.54. The van der Waals surface area contributed by atoms with Crippen molar-refractivity contribution >= 4 is 0 Å². The lowest BCUT2D eigenvalue weighted by Gasteiger charge is -2.12. The highest BCUT2D eigenvalue weighted by Crippen LogP contribution is 2.22. The summed E-state index contributed by atoms with van der Waals surface area (Å²) in [5.74, 6) is 0.146. The SMILES string of the molecule is Cc1c(F)cccc1OCc1ccccc1-n1nnn(C)c1=O. The molecule has 2 aromatic carbocycles. The molecule has 0 aliphatic carbocycles. The molecule has 0 aliphatic heterocycles. The predicted octanol–water partition coefficient (Wildman–Crippen LogP) is 1.99. The molecule has 0 bridgehead atoms. The van der Waals surface area contributed by atoms with Crippen LogP contribution < -0.4 is 10.4 Å². The molecule has 3 rings (SSSR count). The Morgan fingerprint density at radius 2 is 1.91 bits per heavy atom. The van der Waals surface area contributed by atoms with E-state index in [9.17, 15) is 9.18 Å². The standard InChI is InChI=1S/C16H15FN4O2/c1-11-13(17)7-5-9-15(11)23-10-12-6-3-4-8-14(12)21-16(22)20(2)18-19-21/h3-9H,10H2,1-2H3. The number of halogens is 1. The lowest BCUT2D eigenvalue weighted by atomic mass is 10.2. The van der Waals surface area contributed by atoms with E-state index in [2.05, 4.69) is 10.4 Å². The number of ether oxygens (including phenoxy) is 1. The largest absolute Gasteiger partial charge is 0.488 e. The Balaban J connectivity index is 1.91. The molecule has 0 aliphatic rings. The lowest BCUT2D eigenvalue weighted by Crippen LogP contribution is -2.23. The van der Waals surface area contributed by atoms with Gasteiger partial charge in [-0.3, -0.25) is 0 Å². The molecule has 6 nitrogen and oxygen atoms in total. The van der Waals surface area contributed by atoms with E-state index in [0.29, 0.717) is 17.0 Å². The fraction of sp³-hybridized carbons (Fsp3) is 0.188. The van der Waals surface area contributed by atoms with E-state index >= 15 is 0 Å². The van der Waals surface area contributed by atoms with Crippen molar-refractivity contribution in [2.45, 2.75) is 13.5 Å². The predicted molar refractivity (Wildman–Crippen MR) is 82.1 cm³/mol. The number of para-hydroxylation sites is 1. The summed E-state index contributed by atoms with van der Waals surface area (Å²) in [6.45, 7) is 1.84. The van der Waals surface area contributed by atoms with Crippen molar-refractivity contribution in [3.63, 3.8) is 0 Å². The van der Waals surface area contributed by atoms with Crippen LogP contribution in [0.2, 0.25) is 0 Å². The molecule has 3 aromatic rings. The smallest absolute Gasteiger partial charge is 0.368 e. The minimum Gasteiger partial charge on any atom is -0.488 e. The number of tetrazole rings is 1. The molecule has 0 unspecified atom stereocenters. The fourth-order valence-electron chi connectivity index (χ4n) is 2.20. The first-order valence-electron chi connectivity index (χ1n) is 7.03. The van der Waals surface area contributed by atoms with Crippen molar-refractivity contribution in [3.8, 4) is 11.4 Å². The Hall–Kier alpha value is -2.96. The van der Waals surface area contributed by atoms with Gasteiger partial charge in [0.2, 0.25) is 0 Å². The molecule has 118 valence electrons. The van der Waals surface area contributed by atoms with Gasteiger partial charge in [-0.25, -0.2) is 9.18 Å². The first-order valence-corrected chi connectivity index (χ1v) is 7.03. The molecule has 1 aromatic heterocycles. The van der Waals surface area contributed by atoms with E-state index in [1.54, 1.807) is 31.2 Å². The summed E-state index contributed by atoms with van der Waals surface area (Å²) >= 11 is 0. The van der Waals surface area contributed by atoms with Gasteiger partial charge in [0.05, 0.1) is 5.69 Å². The molecular formula is C16H15FN4O2. The molecule has 0 fully saturated rings. The van der Waals surface area contributed by atoms with E-state index in [4.69, 9.17) is 4.74 Å². The summed E-state index contributed by atoms with van der Waals surface area (Å²) in [5, 5.41) is 7.54. The Labute approximate surface area is 131 Å². The zero-order valence-corrected chi connectivity index (χ0v) is 12.7. The number of aryl methyl sites for hydroxylation is 1. The van der Waals surface area contributed by atoms with Gasteiger partial charge in [0.15, 0.2) is 0 Å². The van der Waals surface area contributed by atoms with Gasteiger partial charge >= 0.3 is 5.69 Å². The van der Waals surface area contributed by atoms with Crippen molar-refractivity contribution in [1.29, 1.82) is 0 Å². The van der Waals surface area contributed by atoms with Crippen molar-refractivity contribution in [1.82, 2.24) is 19.8 Å². The minimum atomic E-state index is -0.348. The maximum Gasteiger partial charge on any atom is 0.368 e. The lowest BCUT2D eigenvalue weighted by molar-refractivity contribution is 0.301. The minimum absolute atomic E-state index is 0.184. The quantitative estimate of drug-likeness (QED) is 0.739. The summed E-state index contributed by atoms with van der Waals surface area (Å²) < 4.78 is 21.6. The molecule has 0 amide bonds. The first-order chi connectivity index (χ1) is 11.1. The number of rotatable bonds is 4. The third kappa shape index (κ3) is 2.85. The second-order valence-corrected chi connectivity index (χ2v) is 5.08. The zero-order valence-electron chi connectivity index (χ0n) is 12.7. The highest BCUT2D eigenvalue weighted by molar-refractivity contribution is 5.40. The van der Waals surface area contributed by atoms with Crippen LogP contribution in [0.1, 0.15) is 11.1 Å². The van der Waals surface area contributed by atoms with Crippen LogP contribution in [0.15, 0.2) is 47.3 Å². The molecule has 0 saturated heterocycles. The zero-order chi connectivity index (χ0) is 16.4. The second-order valence-electron chi connectivity index (χ2n) is 5.08. The van der Waals surface area contributed by atoms with E-state index < -0.39 is 0 Å². The average molecular weight is 314 g/mol. The van der Waals surface area contributed by atoms with Crippen LogP contribution in [-0.2, 0) is 13.7 Å². The summed E-state index contributed by atoms with van der Waals surface area (Å²) in [4.78, 5) is 12.0. The normalized spacial score (nSPS) is 10.7. The summed E-state index contributed by atoms with van der Waals surface area (Å²) in [6.07, 6.45) is 0. The molecule has 7 heteroatoms. The maximum atomic E-state index is 13.6. The van der Waals surface area contributed by atoms with E-state index in [-0.39, 0.29) is 18.1 Å². The van der Waals surface area contributed by atoms with Gasteiger partial charge in [0.1, 0.15) is 18.2 Å². The summed E-state index contributed by atoms with van der Waals surface area (Å²) in [5.41, 5.74) is 1.43. The molecule has 0 saturated carbocycles. The van der Waals surface area contributed by atoms with Crippen molar-refractivity contribution in [2.24, 2.45) is 7.05 Å². The fourth-order valence-corrected chi connectivity index (χ4v) is 2.20. The van der Waals surface area contributed by atoms with Crippen LogP contribution in [0.5, 0.6) is 5.75 Å². The van der Waals surface area contributed by atoms with Crippen LogP contribution in [-0.4, -0.2) is 19.8 Å². The summed E-state index contributed by atoms with van der Waals surface area (Å²) in [6, 6.07) is 11.9. The van der Waals surface area contributed by atoms with Crippen molar-refractivity contribution < 1.29 is 9.13 Å². The highest BCUT2D eigenvalue weighted by atomic mass is 19.1. The second kappa shape index (κ2) is 6.04. The number of hydrogen-bond donors (Lipinski definition) is 0. The van der Waals surface area contributed by atoms with Gasteiger partial charge in [-0.15, -0.1) is 0 Å². The van der Waals surface area contributed by atoms with Gasteiger partial charge in [-0.1, -0.05) is 24.3 Å². The average Bonchev–Trinajstić information content (AvgIpc) is 2.89. The Kier molecular flexibility index (Phi) is 3.92. The van der Waals surface area contributed by atoms with Gasteiger partial charge in [-0.2, -0.15) is 9.36 Å². The number of hydrogen-bond acceptors (Lipinski definition) is 4. The Morgan fingerprint density at radius 1 is 1.13 bits per heavy atom. The van der Waals surface area contributed by atoms with Gasteiger partial charge < -0.3 is 4.74 Å². The van der Waals surface area contributed by atoms with E-state index in [1.807, 2.05) is 12.1 Å². The molecule has 0 spiro atoms. The topological polar surface area (TPSA) is 61.9 Å². The first kappa shape index (κ1) is 15.0. The van der Waals surface area contributed by atoms with Crippen LogP contribution >= 0.6 is 0 Å². The van der Waals surface area contributed by atoms with E-state index in [1.165, 1.54) is 17.8 Å². The molecule has 23 heavy (non-hydrogen) atoms. The Bertz CT molecular complexity index is 901. The third-order valence-electron chi connectivity index (χ3n) is 3.54. The molecule has 0 radical (unpaired) electrons. The van der Waals surface area contributed by atoms with Gasteiger partial charge in [-0.05, 0) is 35.5 Å². The van der Waals surface area contributed by atoms with Crippen LogP contribution in [0, 0.1) is 12.7 Å². The molecule has 0 atom stereocenters. The van der Waals surface area contributed by atoms with Crippen LogP contribution in [0.4, 0.5) is 4.39 Å². The molecular weight excluding hydrogens is 299 g/mol. The van der Waals surface area contributed by atoms with Gasteiger partial charge in [0, 0.05) is 18.2 Å². The molecule has 1 heterocycles.